The van der Waals surface area contributed by atoms with E-state index >= 15 is 0 Å². The van der Waals surface area contributed by atoms with Crippen LogP contribution in [0.15, 0.2) is 54.6 Å². The molecule has 0 aromatic heterocycles. The molecule has 28 heavy (non-hydrogen) atoms. The van der Waals surface area contributed by atoms with Gasteiger partial charge >= 0.3 is 0 Å². The van der Waals surface area contributed by atoms with Crippen LogP contribution in [0, 0.1) is 0 Å². The summed E-state index contributed by atoms with van der Waals surface area (Å²) in [6, 6.07) is 11.8. The van der Waals surface area contributed by atoms with E-state index in [4.69, 9.17) is 9.47 Å². The zero-order valence-corrected chi connectivity index (χ0v) is 16.2. The number of ether oxygens (including phenoxy) is 2. The first-order chi connectivity index (χ1) is 13.3. The van der Waals surface area contributed by atoms with Crippen LogP contribution in [0.4, 0.5) is 5.69 Å². The van der Waals surface area contributed by atoms with Gasteiger partial charge in [-0.15, -0.1) is 0 Å². The number of benzene rings is 2. The number of ketones is 1. The Morgan fingerprint density at radius 3 is 2.54 bits per heavy atom. The Bertz CT molecular complexity index is 952. The van der Waals surface area contributed by atoms with E-state index in [0.717, 1.165) is 5.57 Å². The van der Waals surface area contributed by atoms with Crippen molar-refractivity contribution in [3.8, 4) is 11.5 Å². The maximum Gasteiger partial charge on any atom is 0.264 e. The number of rotatable bonds is 7. The standard InChI is InChI=1S/C22H23NO5/c1-14(2)13-23-18-8-6-5-7-17(18)22(26,21(23)25)12-19(24)16-10-9-15(27-3)11-20(16)28-4/h5-11,26H,1,12-13H2,2-4H3/t22-/m1/s1. The van der Waals surface area contributed by atoms with Crippen molar-refractivity contribution in [3.63, 3.8) is 0 Å². The molecular weight excluding hydrogens is 358 g/mol. The first-order valence-corrected chi connectivity index (χ1v) is 8.85. The van der Waals surface area contributed by atoms with Crippen molar-refractivity contribution in [2.24, 2.45) is 0 Å². The highest BCUT2D eigenvalue weighted by Crippen LogP contribution is 2.43. The highest BCUT2D eigenvalue weighted by atomic mass is 16.5. The second-order valence-corrected chi connectivity index (χ2v) is 6.89. The van der Waals surface area contributed by atoms with Gasteiger partial charge in [0.25, 0.3) is 5.91 Å². The number of carbonyl (C=O) groups excluding carboxylic acids is 2. The summed E-state index contributed by atoms with van der Waals surface area (Å²) >= 11 is 0. The molecule has 0 saturated heterocycles. The van der Waals surface area contributed by atoms with Gasteiger partial charge in [-0.3, -0.25) is 9.59 Å². The van der Waals surface area contributed by atoms with Gasteiger partial charge in [-0.25, -0.2) is 0 Å². The first kappa shape index (κ1) is 19.6. The minimum Gasteiger partial charge on any atom is -0.497 e. The number of methoxy groups -OCH3 is 2. The summed E-state index contributed by atoms with van der Waals surface area (Å²) in [5, 5.41) is 11.3. The van der Waals surface area contributed by atoms with Gasteiger partial charge in [0.05, 0.1) is 31.9 Å². The fourth-order valence-electron chi connectivity index (χ4n) is 3.46. The molecule has 0 fully saturated rings. The molecular formula is C22H23NO5. The Balaban J connectivity index is 1.98. The number of aliphatic hydroxyl groups is 1. The number of para-hydroxylation sites is 1. The normalized spacial score (nSPS) is 18.0. The SMILES string of the molecule is C=C(C)CN1C(=O)[C@@](O)(CC(=O)c2ccc(OC)cc2OC)c2ccccc21. The number of nitrogens with zero attached hydrogens (tertiary/aromatic N) is 1. The highest BCUT2D eigenvalue weighted by molar-refractivity contribution is 6.11. The average Bonchev–Trinajstić information content (AvgIpc) is 2.89. The van der Waals surface area contributed by atoms with Crippen LogP contribution in [0.3, 0.4) is 0 Å². The number of Topliss-reactive ketones (excluding diaryl/α,β-unsaturated/α-hetero) is 1. The van der Waals surface area contributed by atoms with Crippen molar-refractivity contribution in [1.82, 2.24) is 0 Å². The van der Waals surface area contributed by atoms with Gasteiger partial charge in [0.2, 0.25) is 0 Å². The summed E-state index contributed by atoms with van der Waals surface area (Å²) < 4.78 is 10.4. The quantitative estimate of drug-likeness (QED) is 0.589. The Morgan fingerprint density at radius 1 is 1.18 bits per heavy atom. The molecule has 0 unspecified atom stereocenters. The minimum atomic E-state index is -1.94. The summed E-state index contributed by atoms with van der Waals surface area (Å²) in [7, 11) is 2.97. The van der Waals surface area contributed by atoms with Gasteiger partial charge in [-0.05, 0) is 25.1 Å². The van der Waals surface area contributed by atoms with Crippen molar-refractivity contribution >= 4 is 17.4 Å². The van der Waals surface area contributed by atoms with Crippen LogP contribution in [0.25, 0.3) is 0 Å². The van der Waals surface area contributed by atoms with Gasteiger partial charge in [0.15, 0.2) is 11.4 Å². The lowest BCUT2D eigenvalue weighted by molar-refractivity contribution is -0.135. The summed E-state index contributed by atoms with van der Waals surface area (Å²) in [4.78, 5) is 27.5. The summed E-state index contributed by atoms with van der Waals surface area (Å²) in [6.07, 6.45) is -0.391. The highest BCUT2D eigenvalue weighted by Gasteiger charge is 2.50. The average molecular weight is 381 g/mol. The molecule has 2 aromatic rings. The van der Waals surface area contributed by atoms with Crippen LogP contribution in [-0.4, -0.2) is 37.6 Å². The summed E-state index contributed by atoms with van der Waals surface area (Å²) in [5.74, 6) is -0.0626. The zero-order chi connectivity index (χ0) is 20.5. The van der Waals surface area contributed by atoms with Crippen LogP contribution in [0.1, 0.15) is 29.3 Å². The maximum atomic E-state index is 13.1. The van der Waals surface area contributed by atoms with E-state index in [2.05, 4.69) is 6.58 Å². The van der Waals surface area contributed by atoms with E-state index in [-0.39, 0.29) is 12.1 Å². The van der Waals surface area contributed by atoms with E-state index in [1.165, 1.54) is 19.1 Å². The molecule has 1 amide bonds. The topological polar surface area (TPSA) is 76.1 Å². The second kappa shape index (κ2) is 7.48. The van der Waals surface area contributed by atoms with Crippen molar-refractivity contribution in [3.05, 3.63) is 65.7 Å². The summed E-state index contributed by atoms with van der Waals surface area (Å²) in [5.41, 5.74) is 0.124. The van der Waals surface area contributed by atoms with E-state index in [1.54, 1.807) is 49.4 Å². The van der Waals surface area contributed by atoms with Crippen LogP contribution in [0.5, 0.6) is 11.5 Å². The molecule has 1 atom stereocenters. The Hall–Kier alpha value is -3.12. The number of anilines is 1. The van der Waals surface area contributed by atoms with Crippen LogP contribution < -0.4 is 14.4 Å². The smallest absolute Gasteiger partial charge is 0.264 e. The molecule has 2 aromatic carbocycles. The van der Waals surface area contributed by atoms with Crippen molar-refractivity contribution in [1.29, 1.82) is 0 Å². The number of carbonyl (C=O) groups is 2. The lowest BCUT2D eigenvalue weighted by atomic mass is 9.88. The van der Waals surface area contributed by atoms with Gasteiger partial charge in [-0.2, -0.15) is 0 Å². The zero-order valence-electron chi connectivity index (χ0n) is 16.2. The van der Waals surface area contributed by atoms with Crippen molar-refractivity contribution in [2.45, 2.75) is 18.9 Å². The van der Waals surface area contributed by atoms with E-state index < -0.39 is 23.7 Å². The van der Waals surface area contributed by atoms with E-state index in [9.17, 15) is 14.7 Å². The molecule has 0 aliphatic carbocycles. The van der Waals surface area contributed by atoms with Gasteiger partial charge in [0, 0.05) is 18.2 Å². The van der Waals surface area contributed by atoms with Gasteiger partial charge in [0.1, 0.15) is 11.5 Å². The predicted octanol–water partition coefficient (Wildman–Crippen LogP) is 3.09. The Morgan fingerprint density at radius 2 is 1.89 bits per heavy atom. The molecule has 1 aliphatic rings. The third kappa shape index (κ3) is 3.27. The lowest BCUT2D eigenvalue weighted by Crippen LogP contribution is -2.42. The van der Waals surface area contributed by atoms with Crippen LogP contribution in [-0.2, 0) is 10.4 Å². The van der Waals surface area contributed by atoms with Crippen molar-refractivity contribution < 1.29 is 24.2 Å². The van der Waals surface area contributed by atoms with Gasteiger partial charge in [-0.1, -0.05) is 30.4 Å². The fourth-order valence-corrected chi connectivity index (χ4v) is 3.46. The van der Waals surface area contributed by atoms with E-state index in [0.29, 0.717) is 22.7 Å². The largest absolute Gasteiger partial charge is 0.497 e. The van der Waals surface area contributed by atoms with Crippen LogP contribution >= 0.6 is 0 Å². The monoisotopic (exact) mass is 381 g/mol. The number of amides is 1. The van der Waals surface area contributed by atoms with Crippen LogP contribution in [0.2, 0.25) is 0 Å². The molecule has 6 nitrogen and oxygen atoms in total. The van der Waals surface area contributed by atoms with Crippen molar-refractivity contribution in [2.75, 3.05) is 25.7 Å². The Labute approximate surface area is 164 Å². The molecule has 1 aliphatic heterocycles. The number of fused-ring (bicyclic) bond motifs is 1. The van der Waals surface area contributed by atoms with Gasteiger partial charge < -0.3 is 19.5 Å². The molecule has 0 saturated carbocycles. The predicted molar refractivity (Wildman–Crippen MR) is 106 cm³/mol. The maximum absolute atomic E-state index is 13.1. The molecule has 6 heteroatoms. The van der Waals surface area contributed by atoms with E-state index in [1.807, 2.05) is 0 Å². The first-order valence-electron chi connectivity index (χ1n) is 8.85. The third-order valence-corrected chi connectivity index (χ3v) is 4.79. The molecule has 1 heterocycles. The Kier molecular flexibility index (Phi) is 5.25. The minimum absolute atomic E-state index is 0.276. The fraction of sp³-hybridized carbons (Fsp3) is 0.273. The molecule has 146 valence electrons. The number of hydrogen-bond acceptors (Lipinski definition) is 5. The molecule has 3 rings (SSSR count). The molecule has 0 spiro atoms. The third-order valence-electron chi connectivity index (χ3n) is 4.79. The number of hydrogen-bond donors (Lipinski definition) is 1. The molecule has 0 radical (unpaired) electrons. The molecule has 1 N–H and O–H groups in total. The second-order valence-electron chi connectivity index (χ2n) is 6.89. The summed E-state index contributed by atoms with van der Waals surface area (Å²) in [6.45, 7) is 5.93. The lowest BCUT2D eigenvalue weighted by Gasteiger charge is -2.23. The molecule has 0 bridgehead atoms.